The second-order valence-corrected chi connectivity index (χ2v) is 5.57. The van der Waals surface area contributed by atoms with Crippen LogP contribution in [-0.2, 0) is 6.42 Å². The minimum atomic E-state index is -0.142. The van der Waals surface area contributed by atoms with Crippen LogP contribution in [0.1, 0.15) is 17.3 Å². The largest absolute Gasteiger partial charge is 0.322 e. The third-order valence-electron chi connectivity index (χ3n) is 3.26. The fourth-order valence-electron chi connectivity index (χ4n) is 2.23. The van der Waals surface area contributed by atoms with Crippen molar-refractivity contribution in [1.82, 2.24) is 9.97 Å². The van der Waals surface area contributed by atoms with Crippen LogP contribution in [0.4, 0.5) is 0 Å². The van der Waals surface area contributed by atoms with Crippen molar-refractivity contribution < 1.29 is 0 Å². The molecule has 0 saturated carbocycles. The zero-order chi connectivity index (χ0) is 13.9. The molecule has 0 bridgehead atoms. The van der Waals surface area contributed by atoms with E-state index in [9.17, 15) is 0 Å². The summed E-state index contributed by atoms with van der Waals surface area (Å²) in [6.45, 7) is 0. The quantitative estimate of drug-likeness (QED) is 0.799. The first-order valence-corrected chi connectivity index (χ1v) is 7.23. The summed E-state index contributed by atoms with van der Waals surface area (Å²) in [6, 6.07) is 13.9. The van der Waals surface area contributed by atoms with Crippen LogP contribution >= 0.6 is 15.9 Å². The molecule has 0 aliphatic rings. The monoisotopic (exact) mass is 327 g/mol. The number of benzene rings is 1. The lowest BCUT2D eigenvalue weighted by Gasteiger charge is -2.14. The molecule has 1 unspecified atom stereocenters. The van der Waals surface area contributed by atoms with Gasteiger partial charge in [-0.05, 0) is 52.2 Å². The van der Waals surface area contributed by atoms with Crippen molar-refractivity contribution in [2.45, 2.75) is 12.5 Å². The van der Waals surface area contributed by atoms with E-state index in [2.05, 4.69) is 32.0 Å². The number of nitrogens with zero attached hydrogens (tertiary/aromatic N) is 2. The number of halogens is 1. The van der Waals surface area contributed by atoms with Gasteiger partial charge in [0.25, 0.3) is 0 Å². The van der Waals surface area contributed by atoms with Gasteiger partial charge in [-0.25, -0.2) is 4.98 Å². The first kappa shape index (κ1) is 13.2. The Morgan fingerprint density at radius 1 is 1.10 bits per heavy atom. The third kappa shape index (κ3) is 2.71. The molecule has 3 rings (SSSR count). The van der Waals surface area contributed by atoms with Gasteiger partial charge in [0.15, 0.2) is 0 Å². The number of nitrogens with two attached hydrogens (primary N) is 1. The summed E-state index contributed by atoms with van der Waals surface area (Å²) in [5.74, 6) is 0. The molecular formula is C16H14BrN3. The lowest BCUT2D eigenvalue weighted by Crippen LogP contribution is -2.15. The molecular weight excluding hydrogens is 314 g/mol. The molecule has 0 amide bonds. The van der Waals surface area contributed by atoms with Crippen LogP contribution in [0, 0.1) is 0 Å². The van der Waals surface area contributed by atoms with Gasteiger partial charge in [-0.2, -0.15) is 0 Å². The molecule has 2 aromatic heterocycles. The van der Waals surface area contributed by atoms with Gasteiger partial charge in [-0.3, -0.25) is 4.98 Å². The highest BCUT2D eigenvalue weighted by Gasteiger charge is 2.13. The van der Waals surface area contributed by atoms with Crippen LogP contribution in [0.25, 0.3) is 10.9 Å². The molecule has 3 nitrogen and oxygen atoms in total. The molecule has 0 aliphatic heterocycles. The second kappa shape index (κ2) is 5.69. The van der Waals surface area contributed by atoms with Crippen molar-refractivity contribution in [3.05, 3.63) is 70.6 Å². The molecule has 2 heterocycles. The van der Waals surface area contributed by atoms with Gasteiger partial charge in [0.1, 0.15) is 0 Å². The first-order chi connectivity index (χ1) is 9.74. The van der Waals surface area contributed by atoms with Crippen LogP contribution in [0.5, 0.6) is 0 Å². The Kier molecular flexibility index (Phi) is 3.76. The molecule has 4 heteroatoms. The van der Waals surface area contributed by atoms with Gasteiger partial charge < -0.3 is 5.73 Å². The van der Waals surface area contributed by atoms with Crippen molar-refractivity contribution in [2.24, 2.45) is 5.73 Å². The Bertz CT molecular complexity index is 728. The highest BCUT2D eigenvalue weighted by Crippen LogP contribution is 2.26. The SMILES string of the molecule is NC(Cc1ccncc1)c1nc2ccccc2cc1Br. The van der Waals surface area contributed by atoms with Crippen LogP contribution in [0.3, 0.4) is 0 Å². The molecule has 0 aliphatic carbocycles. The highest BCUT2D eigenvalue weighted by molar-refractivity contribution is 9.10. The smallest absolute Gasteiger partial charge is 0.0723 e. The Hall–Kier alpha value is -1.78. The fraction of sp³-hybridized carbons (Fsp3) is 0.125. The van der Waals surface area contributed by atoms with E-state index < -0.39 is 0 Å². The maximum Gasteiger partial charge on any atom is 0.0723 e. The Balaban J connectivity index is 1.95. The maximum atomic E-state index is 6.31. The van der Waals surface area contributed by atoms with Crippen molar-refractivity contribution >= 4 is 26.8 Å². The van der Waals surface area contributed by atoms with Crippen molar-refractivity contribution in [1.29, 1.82) is 0 Å². The molecule has 0 spiro atoms. The van der Waals surface area contributed by atoms with Crippen LogP contribution in [-0.4, -0.2) is 9.97 Å². The average Bonchev–Trinajstić information content (AvgIpc) is 2.47. The number of aromatic nitrogens is 2. The standard InChI is InChI=1S/C16H14BrN3/c17-13-10-12-3-1-2-4-15(12)20-16(13)14(18)9-11-5-7-19-8-6-11/h1-8,10,14H,9,18H2. The predicted molar refractivity (Wildman–Crippen MR) is 84.3 cm³/mol. The van der Waals surface area contributed by atoms with E-state index in [0.717, 1.165) is 33.1 Å². The summed E-state index contributed by atoms with van der Waals surface area (Å²) >= 11 is 3.58. The lowest BCUT2D eigenvalue weighted by atomic mass is 10.0. The first-order valence-electron chi connectivity index (χ1n) is 6.44. The normalized spacial score (nSPS) is 12.5. The number of pyridine rings is 2. The van der Waals surface area contributed by atoms with Crippen molar-refractivity contribution in [3.8, 4) is 0 Å². The minimum Gasteiger partial charge on any atom is -0.322 e. The summed E-state index contributed by atoms with van der Waals surface area (Å²) in [4.78, 5) is 8.70. The van der Waals surface area contributed by atoms with Crippen LogP contribution < -0.4 is 5.73 Å². The van der Waals surface area contributed by atoms with Crippen molar-refractivity contribution in [3.63, 3.8) is 0 Å². The van der Waals surface area contributed by atoms with E-state index in [4.69, 9.17) is 5.73 Å². The molecule has 0 saturated heterocycles. The van der Waals surface area contributed by atoms with E-state index in [1.807, 2.05) is 36.4 Å². The Labute approximate surface area is 126 Å². The average molecular weight is 328 g/mol. The van der Waals surface area contributed by atoms with Gasteiger partial charge >= 0.3 is 0 Å². The minimum absolute atomic E-state index is 0.142. The topological polar surface area (TPSA) is 51.8 Å². The maximum absolute atomic E-state index is 6.31. The number of rotatable bonds is 3. The van der Waals surface area contributed by atoms with E-state index in [-0.39, 0.29) is 6.04 Å². The predicted octanol–water partition coefficient (Wildman–Crippen LogP) is 3.63. The van der Waals surface area contributed by atoms with E-state index >= 15 is 0 Å². The third-order valence-corrected chi connectivity index (χ3v) is 3.90. The van der Waals surface area contributed by atoms with Gasteiger partial charge in [0.05, 0.1) is 17.3 Å². The van der Waals surface area contributed by atoms with E-state index in [0.29, 0.717) is 0 Å². The molecule has 100 valence electrons. The number of fused-ring (bicyclic) bond motifs is 1. The summed E-state index contributed by atoms with van der Waals surface area (Å²) in [7, 11) is 0. The lowest BCUT2D eigenvalue weighted by molar-refractivity contribution is 0.695. The molecule has 0 radical (unpaired) electrons. The van der Waals surface area contributed by atoms with Gasteiger partial charge in [0.2, 0.25) is 0 Å². The fourth-order valence-corrected chi connectivity index (χ4v) is 2.86. The molecule has 2 N–H and O–H groups in total. The highest BCUT2D eigenvalue weighted by atomic mass is 79.9. The van der Waals surface area contributed by atoms with Gasteiger partial charge in [-0.1, -0.05) is 18.2 Å². The van der Waals surface area contributed by atoms with E-state index in [1.165, 1.54) is 0 Å². The van der Waals surface area contributed by atoms with Crippen LogP contribution in [0.15, 0.2) is 59.3 Å². The molecule has 3 aromatic rings. The summed E-state index contributed by atoms with van der Waals surface area (Å²) < 4.78 is 0.956. The molecule has 0 fully saturated rings. The summed E-state index contributed by atoms with van der Waals surface area (Å²) in [5.41, 5.74) is 9.33. The second-order valence-electron chi connectivity index (χ2n) is 4.71. The molecule has 1 aromatic carbocycles. The van der Waals surface area contributed by atoms with Gasteiger partial charge in [0, 0.05) is 22.3 Å². The number of hydrogen-bond acceptors (Lipinski definition) is 3. The van der Waals surface area contributed by atoms with Crippen LogP contribution in [0.2, 0.25) is 0 Å². The zero-order valence-corrected chi connectivity index (χ0v) is 12.4. The zero-order valence-electron chi connectivity index (χ0n) is 10.8. The van der Waals surface area contributed by atoms with Gasteiger partial charge in [-0.15, -0.1) is 0 Å². The number of hydrogen-bond donors (Lipinski definition) is 1. The molecule has 20 heavy (non-hydrogen) atoms. The Morgan fingerprint density at radius 3 is 2.65 bits per heavy atom. The van der Waals surface area contributed by atoms with E-state index in [1.54, 1.807) is 12.4 Å². The number of para-hydroxylation sites is 1. The molecule has 1 atom stereocenters. The Morgan fingerprint density at radius 2 is 1.85 bits per heavy atom. The summed E-state index contributed by atoms with van der Waals surface area (Å²) in [5, 5.41) is 1.11. The van der Waals surface area contributed by atoms with Crippen molar-refractivity contribution in [2.75, 3.05) is 0 Å². The summed E-state index contributed by atoms with van der Waals surface area (Å²) in [6.07, 6.45) is 4.31.